The largest absolute Gasteiger partial charge is 0.418 e. The summed E-state index contributed by atoms with van der Waals surface area (Å²) in [6, 6.07) is 8.72. The molecule has 0 unspecified atom stereocenters. The van der Waals surface area contributed by atoms with Gasteiger partial charge in [-0.2, -0.15) is 13.2 Å². The minimum absolute atomic E-state index is 0.0353. The highest BCUT2D eigenvalue weighted by Gasteiger charge is 2.35. The lowest BCUT2D eigenvalue weighted by Gasteiger charge is -2.12. The van der Waals surface area contributed by atoms with Crippen LogP contribution in [0.3, 0.4) is 0 Å². The summed E-state index contributed by atoms with van der Waals surface area (Å²) >= 11 is 5.88. The quantitative estimate of drug-likeness (QED) is 0.699. The van der Waals surface area contributed by atoms with E-state index in [0.29, 0.717) is 10.6 Å². The minimum Gasteiger partial charge on any atom is -0.399 e. The molecule has 1 aromatic heterocycles. The zero-order chi connectivity index (χ0) is 16.8. The van der Waals surface area contributed by atoms with Gasteiger partial charge in [-0.25, -0.2) is 4.79 Å². The number of H-pyrrole nitrogens is 1. The maximum Gasteiger partial charge on any atom is 0.418 e. The highest BCUT2D eigenvalue weighted by Crippen LogP contribution is 2.35. The lowest BCUT2D eigenvalue weighted by molar-refractivity contribution is -0.136. The zero-order valence-electron chi connectivity index (χ0n) is 11.6. The number of nitrogen functional groups attached to an aromatic ring is 1. The zero-order valence-corrected chi connectivity index (χ0v) is 12.4. The van der Waals surface area contributed by atoms with E-state index in [1.54, 1.807) is 24.3 Å². The van der Waals surface area contributed by atoms with Gasteiger partial charge in [0.25, 0.3) is 0 Å². The van der Waals surface area contributed by atoms with Crippen LogP contribution in [0, 0.1) is 0 Å². The van der Waals surface area contributed by atoms with Gasteiger partial charge in [-0.15, -0.1) is 0 Å². The Morgan fingerprint density at radius 2 is 1.96 bits per heavy atom. The molecule has 0 saturated heterocycles. The number of nitrogens with two attached hydrogens (primary N) is 1. The smallest absolute Gasteiger partial charge is 0.399 e. The molecule has 23 heavy (non-hydrogen) atoms. The standard InChI is InChI=1S/C15H11ClF3N3O/c16-9-3-1-2-8(4-9)7-22-13-11(15(17,18)19)5-10(20)6-12(13)21-14(22)23/h1-6H,7,20H2,(H,21,23). The second kappa shape index (κ2) is 5.34. The van der Waals surface area contributed by atoms with Gasteiger partial charge in [0.15, 0.2) is 0 Å². The van der Waals surface area contributed by atoms with Crippen molar-refractivity contribution in [2.45, 2.75) is 12.7 Å². The predicted octanol–water partition coefficient (Wildman–Crippen LogP) is 3.63. The number of halogens is 4. The highest BCUT2D eigenvalue weighted by atomic mass is 35.5. The molecular formula is C15H11ClF3N3O. The van der Waals surface area contributed by atoms with Crippen LogP contribution in [-0.2, 0) is 12.7 Å². The third-order valence-electron chi connectivity index (χ3n) is 3.42. The van der Waals surface area contributed by atoms with Crippen molar-refractivity contribution >= 4 is 28.3 Å². The minimum atomic E-state index is -4.63. The molecule has 3 aromatic rings. The van der Waals surface area contributed by atoms with Gasteiger partial charge < -0.3 is 10.7 Å². The molecule has 0 radical (unpaired) electrons. The van der Waals surface area contributed by atoms with Crippen molar-refractivity contribution in [2.24, 2.45) is 0 Å². The summed E-state index contributed by atoms with van der Waals surface area (Å²) in [4.78, 5) is 14.5. The van der Waals surface area contributed by atoms with Crippen molar-refractivity contribution in [1.29, 1.82) is 0 Å². The first-order chi connectivity index (χ1) is 10.8. The average molecular weight is 342 g/mol. The fraction of sp³-hybridized carbons (Fsp3) is 0.133. The lowest BCUT2D eigenvalue weighted by atomic mass is 10.1. The molecule has 0 atom stereocenters. The third-order valence-corrected chi connectivity index (χ3v) is 3.66. The number of fused-ring (bicyclic) bond motifs is 1. The van der Waals surface area contributed by atoms with Crippen LogP contribution in [0.5, 0.6) is 0 Å². The van der Waals surface area contributed by atoms with E-state index in [-0.39, 0.29) is 23.3 Å². The first kappa shape index (κ1) is 15.5. The molecule has 0 aliphatic rings. The number of nitrogens with zero attached hydrogens (tertiary/aromatic N) is 1. The predicted molar refractivity (Wildman–Crippen MR) is 82.5 cm³/mol. The van der Waals surface area contributed by atoms with Crippen molar-refractivity contribution in [3.05, 3.63) is 63.0 Å². The highest BCUT2D eigenvalue weighted by molar-refractivity contribution is 6.30. The number of nitrogens with one attached hydrogen (secondary N) is 1. The molecular weight excluding hydrogens is 331 g/mol. The number of alkyl halides is 3. The number of anilines is 1. The molecule has 0 saturated carbocycles. The summed E-state index contributed by atoms with van der Waals surface area (Å²) < 4.78 is 40.9. The van der Waals surface area contributed by atoms with E-state index < -0.39 is 17.4 Å². The van der Waals surface area contributed by atoms with Crippen LogP contribution in [0.25, 0.3) is 11.0 Å². The Balaban J connectivity index is 2.25. The second-order valence-electron chi connectivity index (χ2n) is 5.11. The van der Waals surface area contributed by atoms with E-state index >= 15 is 0 Å². The van der Waals surface area contributed by atoms with Crippen LogP contribution in [0.2, 0.25) is 5.02 Å². The van der Waals surface area contributed by atoms with Crippen molar-refractivity contribution in [3.8, 4) is 0 Å². The fourth-order valence-electron chi connectivity index (χ4n) is 2.51. The van der Waals surface area contributed by atoms with E-state index in [1.807, 2.05) is 0 Å². The van der Waals surface area contributed by atoms with Crippen LogP contribution in [0.1, 0.15) is 11.1 Å². The Morgan fingerprint density at radius 1 is 1.22 bits per heavy atom. The molecule has 120 valence electrons. The maximum absolute atomic E-state index is 13.3. The molecule has 0 aliphatic heterocycles. The summed E-state index contributed by atoms with van der Waals surface area (Å²) in [6.45, 7) is -0.0353. The van der Waals surface area contributed by atoms with E-state index in [4.69, 9.17) is 17.3 Å². The molecule has 0 fully saturated rings. The molecule has 2 aromatic carbocycles. The number of hydrogen-bond acceptors (Lipinski definition) is 2. The van der Waals surface area contributed by atoms with E-state index in [1.165, 1.54) is 6.07 Å². The Hall–Kier alpha value is -2.41. The van der Waals surface area contributed by atoms with Crippen LogP contribution < -0.4 is 11.4 Å². The SMILES string of the molecule is Nc1cc(C(F)(F)F)c2c(c1)[nH]c(=O)n2Cc1cccc(Cl)c1. The van der Waals surface area contributed by atoms with Crippen LogP contribution in [-0.4, -0.2) is 9.55 Å². The second-order valence-corrected chi connectivity index (χ2v) is 5.55. The summed E-state index contributed by atoms with van der Waals surface area (Å²) in [5, 5.41) is 0.440. The molecule has 0 spiro atoms. The molecule has 0 aliphatic carbocycles. The molecule has 4 nitrogen and oxygen atoms in total. The van der Waals surface area contributed by atoms with E-state index in [2.05, 4.69) is 4.98 Å². The molecule has 3 N–H and O–H groups in total. The molecule has 8 heteroatoms. The number of hydrogen-bond donors (Lipinski definition) is 2. The van der Waals surface area contributed by atoms with Gasteiger partial charge in [0, 0.05) is 10.7 Å². The number of aromatic nitrogens is 2. The van der Waals surface area contributed by atoms with Crippen molar-refractivity contribution in [1.82, 2.24) is 9.55 Å². The summed E-state index contributed by atoms with van der Waals surface area (Å²) in [5.41, 5.74) is 4.28. The summed E-state index contributed by atoms with van der Waals surface area (Å²) in [6.07, 6.45) is -4.63. The molecule has 0 bridgehead atoms. The monoisotopic (exact) mass is 341 g/mol. The van der Waals surface area contributed by atoms with Gasteiger partial charge in [-0.3, -0.25) is 4.57 Å². The number of benzene rings is 2. The summed E-state index contributed by atoms with van der Waals surface area (Å²) in [7, 11) is 0. The number of rotatable bonds is 2. The van der Waals surface area contributed by atoms with E-state index in [9.17, 15) is 18.0 Å². The van der Waals surface area contributed by atoms with Crippen molar-refractivity contribution in [2.75, 3.05) is 5.73 Å². The third kappa shape index (κ3) is 2.92. The fourth-order valence-corrected chi connectivity index (χ4v) is 2.72. The van der Waals surface area contributed by atoms with Gasteiger partial charge in [0.05, 0.1) is 23.1 Å². The number of imidazole rings is 1. The van der Waals surface area contributed by atoms with E-state index in [0.717, 1.165) is 10.6 Å². The van der Waals surface area contributed by atoms with Crippen LogP contribution in [0.4, 0.5) is 18.9 Å². The molecule has 3 rings (SSSR count). The van der Waals surface area contributed by atoms with Crippen molar-refractivity contribution in [3.63, 3.8) is 0 Å². The van der Waals surface area contributed by atoms with Crippen LogP contribution >= 0.6 is 11.6 Å². The molecule has 1 heterocycles. The van der Waals surface area contributed by atoms with Crippen LogP contribution in [0.15, 0.2) is 41.2 Å². The Kier molecular flexibility index (Phi) is 3.60. The maximum atomic E-state index is 13.3. The Bertz CT molecular complexity index is 943. The van der Waals surface area contributed by atoms with Gasteiger partial charge in [0.1, 0.15) is 0 Å². The average Bonchev–Trinajstić information content (AvgIpc) is 2.73. The Labute approximate surface area is 133 Å². The van der Waals surface area contributed by atoms with Gasteiger partial charge >= 0.3 is 11.9 Å². The molecule has 0 amide bonds. The lowest BCUT2D eigenvalue weighted by Crippen LogP contribution is -2.19. The van der Waals surface area contributed by atoms with Gasteiger partial charge in [-0.1, -0.05) is 23.7 Å². The number of aromatic amines is 1. The van der Waals surface area contributed by atoms with Crippen molar-refractivity contribution < 1.29 is 13.2 Å². The first-order valence-electron chi connectivity index (χ1n) is 6.59. The topological polar surface area (TPSA) is 63.8 Å². The van der Waals surface area contributed by atoms with Gasteiger partial charge in [-0.05, 0) is 29.8 Å². The van der Waals surface area contributed by atoms with Gasteiger partial charge in [0.2, 0.25) is 0 Å². The Morgan fingerprint density at radius 3 is 2.61 bits per heavy atom. The summed E-state index contributed by atoms with van der Waals surface area (Å²) in [5.74, 6) is 0. The first-order valence-corrected chi connectivity index (χ1v) is 6.97. The normalized spacial score (nSPS) is 12.0.